The second kappa shape index (κ2) is 3.60. The van der Waals surface area contributed by atoms with E-state index in [1.807, 2.05) is 6.07 Å². The van der Waals surface area contributed by atoms with Crippen LogP contribution in [0.1, 0.15) is 17.5 Å². The molecule has 0 fully saturated rings. The number of hydrogen-bond donors (Lipinski definition) is 1. The molecule has 2 rings (SSSR count). The number of halogens is 2. The molecule has 1 aliphatic carbocycles. The Kier molecular flexibility index (Phi) is 2.63. The zero-order chi connectivity index (χ0) is 9.42. The van der Waals surface area contributed by atoms with Crippen LogP contribution in [0.2, 0.25) is 5.02 Å². The average molecular weight is 261 g/mol. The highest BCUT2D eigenvalue weighted by Crippen LogP contribution is 2.30. The summed E-state index contributed by atoms with van der Waals surface area (Å²) >= 11 is 9.43. The van der Waals surface area contributed by atoms with Gasteiger partial charge in [-0.25, -0.2) is 0 Å². The van der Waals surface area contributed by atoms with Crippen molar-refractivity contribution in [3.63, 3.8) is 0 Å². The molecule has 1 aromatic carbocycles. The average Bonchev–Trinajstić information content (AvgIpc) is 2.08. The van der Waals surface area contributed by atoms with Crippen molar-refractivity contribution in [3.8, 4) is 0 Å². The van der Waals surface area contributed by atoms with Gasteiger partial charge in [-0.1, -0.05) is 11.6 Å². The largest absolute Gasteiger partial charge is 0.327 e. The van der Waals surface area contributed by atoms with Crippen LogP contribution in [0, 0.1) is 0 Å². The van der Waals surface area contributed by atoms with E-state index in [2.05, 4.69) is 22.0 Å². The van der Waals surface area contributed by atoms with Crippen molar-refractivity contribution in [2.24, 2.45) is 5.73 Å². The third-order valence-corrected chi connectivity index (χ3v) is 3.71. The Balaban J connectivity index is 2.43. The molecule has 2 N–H and O–H groups in total. The van der Waals surface area contributed by atoms with Gasteiger partial charge >= 0.3 is 0 Å². The molecule has 0 unspecified atom stereocenters. The maximum atomic E-state index is 6.01. The number of nitrogens with two attached hydrogens (primary N) is 1. The fraction of sp³-hybridized carbons (Fsp3) is 0.400. The molecule has 0 heterocycles. The van der Waals surface area contributed by atoms with Crippen LogP contribution in [0.4, 0.5) is 0 Å². The lowest BCUT2D eigenvalue weighted by molar-refractivity contribution is 0.576. The Hall–Kier alpha value is -0.0500. The van der Waals surface area contributed by atoms with E-state index in [0.29, 0.717) is 6.04 Å². The summed E-state index contributed by atoms with van der Waals surface area (Å²) in [5.74, 6) is 0. The predicted octanol–water partition coefficient (Wildman–Crippen LogP) is 2.92. The minimum absolute atomic E-state index is 0.310. The SMILES string of the molecule is N[C@@H]1CCc2cc(Br)c(Cl)cc2C1. The minimum atomic E-state index is 0.310. The summed E-state index contributed by atoms with van der Waals surface area (Å²) in [6, 6.07) is 4.45. The van der Waals surface area contributed by atoms with Gasteiger partial charge in [0.2, 0.25) is 0 Å². The van der Waals surface area contributed by atoms with E-state index in [1.165, 1.54) is 11.1 Å². The molecule has 0 aliphatic heterocycles. The summed E-state index contributed by atoms with van der Waals surface area (Å²) in [6.45, 7) is 0. The molecular weight excluding hydrogens is 249 g/mol. The quantitative estimate of drug-likeness (QED) is 0.763. The molecule has 0 spiro atoms. The first-order valence-electron chi connectivity index (χ1n) is 4.39. The van der Waals surface area contributed by atoms with Crippen LogP contribution in [0.25, 0.3) is 0 Å². The summed E-state index contributed by atoms with van der Waals surface area (Å²) < 4.78 is 0.989. The Bertz CT molecular complexity index is 338. The predicted molar refractivity (Wildman–Crippen MR) is 59.2 cm³/mol. The number of aryl methyl sites for hydroxylation is 1. The van der Waals surface area contributed by atoms with E-state index in [-0.39, 0.29) is 0 Å². The molecule has 70 valence electrons. The first-order valence-corrected chi connectivity index (χ1v) is 5.56. The topological polar surface area (TPSA) is 26.0 Å². The van der Waals surface area contributed by atoms with Gasteiger partial charge in [0, 0.05) is 10.5 Å². The molecular formula is C10H11BrClN. The van der Waals surface area contributed by atoms with Crippen molar-refractivity contribution in [1.82, 2.24) is 0 Å². The van der Waals surface area contributed by atoms with Gasteiger partial charge in [-0.15, -0.1) is 0 Å². The molecule has 1 atom stereocenters. The first-order chi connectivity index (χ1) is 6.16. The van der Waals surface area contributed by atoms with E-state index < -0.39 is 0 Å². The van der Waals surface area contributed by atoms with Crippen LogP contribution in [0.3, 0.4) is 0 Å². The number of hydrogen-bond acceptors (Lipinski definition) is 1. The molecule has 1 nitrogen and oxygen atoms in total. The second-order valence-corrected chi connectivity index (χ2v) is 4.80. The lowest BCUT2D eigenvalue weighted by Crippen LogP contribution is -2.27. The molecule has 3 heteroatoms. The van der Waals surface area contributed by atoms with Crippen molar-refractivity contribution >= 4 is 27.5 Å². The zero-order valence-corrected chi connectivity index (χ0v) is 9.53. The van der Waals surface area contributed by atoms with Crippen LogP contribution in [-0.2, 0) is 12.8 Å². The molecule has 0 aromatic heterocycles. The van der Waals surface area contributed by atoms with Gasteiger partial charge in [-0.2, -0.15) is 0 Å². The summed E-state index contributed by atoms with van der Waals surface area (Å²) in [6.07, 6.45) is 3.12. The minimum Gasteiger partial charge on any atom is -0.327 e. The summed E-state index contributed by atoms with van der Waals surface area (Å²) in [5, 5.41) is 0.785. The van der Waals surface area contributed by atoms with Crippen molar-refractivity contribution in [2.45, 2.75) is 25.3 Å². The van der Waals surface area contributed by atoms with Crippen molar-refractivity contribution in [3.05, 3.63) is 32.8 Å². The van der Waals surface area contributed by atoms with Crippen LogP contribution in [0.5, 0.6) is 0 Å². The maximum absolute atomic E-state index is 6.01. The van der Waals surface area contributed by atoms with Crippen molar-refractivity contribution < 1.29 is 0 Å². The van der Waals surface area contributed by atoms with E-state index in [4.69, 9.17) is 17.3 Å². The van der Waals surface area contributed by atoms with Gasteiger partial charge in [0.15, 0.2) is 0 Å². The summed E-state index contributed by atoms with van der Waals surface area (Å²) in [4.78, 5) is 0. The molecule has 0 saturated heterocycles. The Labute approximate surface area is 91.4 Å². The van der Waals surface area contributed by atoms with Crippen molar-refractivity contribution in [2.75, 3.05) is 0 Å². The number of rotatable bonds is 0. The second-order valence-electron chi connectivity index (χ2n) is 3.54. The van der Waals surface area contributed by atoms with Gasteiger partial charge < -0.3 is 5.73 Å². The van der Waals surface area contributed by atoms with Crippen LogP contribution < -0.4 is 5.73 Å². The Morgan fingerprint density at radius 2 is 2.15 bits per heavy atom. The van der Waals surface area contributed by atoms with E-state index >= 15 is 0 Å². The van der Waals surface area contributed by atoms with E-state index in [9.17, 15) is 0 Å². The van der Waals surface area contributed by atoms with Gasteiger partial charge in [0.25, 0.3) is 0 Å². The highest BCUT2D eigenvalue weighted by molar-refractivity contribution is 9.10. The van der Waals surface area contributed by atoms with E-state index in [0.717, 1.165) is 28.8 Å². The van der Waals surface area contributed by atoms with Gasteiger partial charge in [-0.3, -0.25) is 0 Å². The first kappa shape index (κ1) is 9.50. The highest BCUT2D eigenvalue weighted by Gasteiger charge is 2.16. The lowest BCUT2D eigenvalue weighted by Gasteiger charge is -2.21. The zero-order valence-electron chi connectivity index (χ0n) is 7.19. The standard InChI is InChI=1S/C10H11BrClN/c11-9-4-6-1-2-8(13)3-7(6)5-10(9)12/h4-5,8H,1-3,13H2/t8-/m1/s1. The molecule has 13 heavy (non-hydrogen) atoms. The number of fused-ring (bicyclic) bond motifs is 1. The van der Waals surface area contributed by atoms with Gasteiger partial charge in [-0.05, 0) is 58.5 Å². The molecule has 0 saturated carbocycles. The van der Waals surface area contributed by atoms with Gasteiger partial charge in [0.1, 0.15) is 0 Å². The Morgan fingerprint density at radius 1 is 1.38 bits per heavy atom. The monoisotopic (exact) mass is 259 g/mol. The Morgan fingerprint density at radius 3 is 2.92 bits per heavy atom. The van der Waals surface area contributed by atoms with Crippen LogP contribution >= 0.6 is 27.5 Å². The van der Waals surface area contributed by atoms with E-state index in [1.54, 1.807) is 0 Å². The van der Waals surface area contributed by atoms with Crippen molar-refractivity contribution in [1.29, 1.82) is 0 Å². The van der Waals surface area contributed by atoms with Crippen LogP contribution in [0.15, 0.2) is 16.6 Å². The highest BCUT2D eigenvalue weighted by atomic mass is 79.9. The normalized spacial score (nSPS) is 21.3. The molecule has 1 aliphatic rings. The molecule has 0 amide bonds. The third kappa shape index (κ3) is 1.90. The summed E-state index contributed by atoms with van der Waals surface area (Å²) in [7, 11) is 0. The fourth-order valence-electron chi connectivity index (χ4n) is 1.78. The third-order valence-electron chi connectivity index (χ3n) is 2.51. The summed E-state index contributed by atoms with van der Waals surface area (Å²) in [5.41, 5.74) is 8.58. The molecule has 1 aromatic rings. The fourth-order valence-corrected chi connectivity index (χ4v) is 2.35. The van der Waals surface area contributed by atoms with Gasteiger partial charge in [0.05, 0.1) is 5.02 Å². The maximum Gasteiger partial charge on any atom is 0.0551 e. The van der Waals surface area contributed by atoms with Crippen LogP contribution in [-0.4, -0.2) is 6.04 Å². The lowest BCUT2D eigenvalue weighted by atomic mass is 9.89. The smallest absolute Gasteiger partial charge is 0.0551 e. The molecule has 0 bridgehead atoms. The number of benzene rings is 1. The molecule has 0 radical (unpaired) electrons.